The minimum atomic E-state index is 0.395. The summed E-state index contributed by atoms with van der Waals surface area (Å²) in [7, 11) is 0. The van der Waals surface area contributed by atoms with E-state index < -0.39 is 0 Å². The van der Waals surface area contributed by atoms with Crippen molar-refractivity contribution < 1.29 is 0 Å². The van der Waals surface area contributed by atoms with Crippen LogP contribution < -0.4 is 5.32 Å². The summed E-state index contributed by atoms with van der Waals surface area (Å²) in [6, 6.07) is 15.6. The summed E-state index contributed by atoms with van der Waals surface area (Å²) in [6.07, 6.45) is 1.32. The van der Waals surface area contributed by atoms with Crippen molar-refractivity contribution in [2.24, 2.45) is 5.92 Å². The average molecular weight is 239 g/mol. The van der Waals surface area contributed by atoms with Crippen molar-refractivity contribution >= 4 is 10.8 Å². The van der Waals surface area contributed by atoms with Crippen LogP contribution >= 0.6 is 0 Å². The van der Waals surface area contributed by atoms with Crippen molar-refractivity contribution in [1.29, 1.82) is 0 Å². The van der Waals surface area contributed by atoms with Crippen LogP contribution in [0, 0.1) is 5.92 Å². The Morgan fingerprint density at radius 1 is 1.17 bits per heavy atom. The lowest BCUT2D eigenvalue weighted by molar-refractivity contribution is 0.592. The van der Waals surface area contributed by atoms with Gasteiger partial charge < -0.3 is 5.32 Å². The van der Waals surface area contributed by atoms with Crippen molar-refractivity contribution in [3.05, 3.63) is 48.0 Å². The third-order valence-corrected chi connectivity index (χ3v) is 4.46. The Balaban J connectivity index is 1.87. The minimum Gasteiger partial charge on any atom is -0.317 e. The maximum Gasteiger partial charge on any atom is -0.00119 e. The molecule has 1 fully saturated rings. The summed E-state index contributed by atoms with van der Waals surface area (Å²) in [4.78, 5) is 0. The van der Waals surface area contributed by atoms with Crippen LogP contribution in [0.15, 0.2) is 42.5 Å². The molecule has 94 valence electrons. The average Bonchev–Trinajstić information content (AvgIpc) is 3.08. The number of fused-ring (bicyclic) bond motifs is 1. The minimum absolute atomic E-state index is 0.395. The second-order valence-electron chi connectivity index (χ2n) is 5.69. The van der Waals surface area contributed by atoms with E-state index in [4.69, 9.17) is 0 Å². The van der Waals surface area contributed by atoms with Gasteiger partial charge in [0.1, 0.15) is 0 Å². The first-order valence-electron chi connectivity index (χ1n) is 6.94. The fourth-order valence-corrected chi connectivity index (χ4v) is 2.97. The number of nitrogens with one attached hydrogen (secondary N) is 1. The maximum atomic E-state index is 3.47. The van der Waals surface area contributed by atoms with Gasteiger partial charge >= 0.3 is 0 Å². The Bertz CT molecular complexity index is 560. The largest absolute Gasteiger partial charge is 0.317 e. The summed E-state index contributed by atoms with van der Waals surface area (Å²) in [6.45, 7) is 6.80. The van der Waals surface area contributed by atoms with Gasteiger partial charge in [0.25, 0.3) is 0 Å². The highest BCUT2D eigenvalue weighted by Gasteiger charge is 2.50. The van der Waals surface area contributed by atoms with E-state index in [-0.39, 0.29) is 0 Å². The van der Waals surface area contributed by atoms with E-state index in [1.54, 1.807) is 0 Å². The highest BCUT2D eigenvalue weighted by molar-refractivity contribution is 5.83. The Morgan fingerprint density at radius 2 is 1.94 bits per heavy atom. The van der Waals surface area contributed by atoms with Gasteiger partial charge in [-0.05, 0) is 47.2 Å². The number of benzene rings is 2. The van der Waals surface area contributed by atoms with E-state index in [0.29, 0.717) is 5.41 Å². The molecular weight excluding hydrogens is 218 g/mol. The lowest BCUT2D eigenvalue weighted by Crippen LogP contribution is -2.19. The topological polar surface area (TPSA) is 12.0 Å². The molecule has 1 aliphatic carbocycles. The van der Waals surface area contributed by atoms with Crippen molar-refractivity contribution in [3.8, 4) is 0 Å². The fourth-order valence-electron chi connectivity index (χ4n) is 2.97. The predicted molar refractivity (Wildman–Crippen MR) is 78.0 cm³/mol. The Morgan fingerprint density at radius 3 is 2.72 bits per heavy atom. The van der Waals surface area contributed by atoms with Crippen molar-refractivity contribution in [3.63, 3.8) is 0 Å². The molecule has 0 spiro atoms. The van der Waals surface area contributed by atoms with Gasteiger partial charge in [-0.1, -0.05) is 56.3 Å². The zero-order valence-electron chi connectivity index (χ0n) is 11.2. The van der Waals surface area contributed by atoms with Crippen molar-refractivity contribution in [2.75, 3.05) is 13.1 Å². The molecule has 2 aromatic carbocycles. The number of hydrogen-bond donors (Lipinski definition) is 1. The zero-order chi connectivity index (χ0) is 12.6. The molecule has 0 radical (unpaired) electrons. The molecule has 0 amide bonds. The van der Waals surface area contributed by atoms with Gasteiger partial charge in [0.15, 0.2) is 0 Å². The molecule has 0 aromatic heterocycles. The summed E-state index contributed by atoms with van der Waals surface area (Å²) in [5.41, 5.74) is 1.90. The van der Waals surface area contributed by atoms with Crippen LogP contribution in [-0.4, -0.2) is 13.1 Å². The monoisotopic (exact) mass is 239 g/mol. The van der Waals surface area contributed by atoms with Gasteiger partial charge in [0, 0.05) is 0 Å². The molecule has 2 aromatic rings. The molecule has 0 aliphatic heterocycles. The summed E-state index contributed by atoms with van der Waals surface area (Å²) in [5.74, 6) is 0.804. The van der Waals surface area contributed by atoms with Gasteiger partial charge in [0.2, 0.25) is 0 Å². The smallest absolute Gasteiger partial charge is 0.00119 e. The molecule has 18 heavy (non-hydrogen) atoms. The molecule has 1 nitrogen and oxygen atoms in total. The highest BCUT2D eigenvalue weighted by atomic mass is 14.9. The quantitative estimate of drug-likeness (QED) is 0.857. The molecule has 0 saturated heterocycles. The Kier molecular flexibility index (Phi) is 2.87. The van der Waals surface area contributed by atoms with Gasteiger partial charge in [0.05, 0.1) is 0 Å². The van der Waals surface area contributed by atoms with Crippen LogP contribution in [0.4, 0.5) is 0 Å². The van der Waals surface area contributed by atoms with E-state index in [2.05, 4.69) is 61.6 Å². The third-order valence-electron chi connectivity index (χ3n) is 4.46. The van der Waals surface area contributed by atoms with Crippen LogP contribution in [0.2, 0.25) is 0 Å². The summed E-state index contributed by atoms with van der Waals surface area (Å²) in [5, 5.41) is 6.18. The van der Waals surface area contributed by atoms with E-state index >= 15 is 0 Å². The fraction of sp³-hybridized carbons (Fsp3) is 0.412. The van der Waals surface area contributed by atoms with Crippen molar-refractivity contribution in [1.82, 2.24) is 5.32 Å². The summed E-state index contributed by atoms with van der Waals surface area (Å²) < 4.78 is 0. The highest BCUT2D eigenvalue weighted by Crippen LogP contribution is 2.53. The van der Waals surface area contributed by atoms with Crippen molar-refractivity contribution in [2.45, 2.75) is 25.7 Å². The van der Waals surface area contributed by atoms with E-state index in [1.807, 2.05) is 0 Å². The first-order valence-corrected chi connectivity index (χ1v) is 6.94. The Hall–Kier alpha value is -1.34. The van der Waals surface area contributed by atoms with Crippen LogP contribution in [-0.2, 0) is 5.41 Å². The van der Waals surface area contributed by atoms with Crippen LogP contribution in [0.1, 0.15) is 25.8 Å². The normalized spacial score (nSPS) is 26.4. The third kappa shape index (κ3) is 1.93. The molecule has 1 aliphatic rings. The Labute approximate surface area is 109 Å². The number of hydrogen-bond acceptors (Lipinski definition) is 1. The lowest BCUT2D eigenvalue weighted by Gasteiger charge is -2.13. The predicted octanol–water partition coefficient (Wildman–Crippen LogP) is 3.73. The molecule has 1 N–H and O–H groups in total. The van der Waals surface area contributed by atoms with E-state index in [0.717, 1.165) is 19.0 Å². The molecular formula is C17H21N. The summed E-state index contributed by atoms with van der Waals surface area (Å²) >= 11 is 0. The molecule has 3 rings (SSSR count). The number of rotatable bonds is 4. The molecule has 1 saturated carbocycles. The maximum absolute atomic E-state index is 3.47. The van der Waals surface area contributed by atoms with Gasteiger partial charge in [-0.25, -0.2) is 0 Å². The van der Waals surface area contributed by atoms with Crippen LogP contribution in [0.25, 0.3) is 10.8 Å². The first kappa shape index (κ1) is 11.7. The standard InChI is InChI=1S/C17H21N/c1-3-18-12-16-11-17(16,2)15-9-8-13-6-4-5-7-14(13)10-15/h4-10,16,18H,3,11-12H2,1-2H3. The SMILES string of the molecule is CCNCC1CC1(C)c1ccc2ccccc2c1. The van der Waals surface area contributed by atoms with Crippen LogP contribution in [0.3, 0.4) is 0 Å². The molecule has 2 atom stereocenters. The second-order valence-corrected chi connectivity index (χ2v) is 5.69. The van der Waals surface area contributed by atoms with E-state index in [9.17, 15) is 0 Å². The molecule has 0 heterocycles. The molecule has 0 bridgehead atoms. The molecule has 2 unspecified atom stereocenters. The second kappa shape index (κ2) is 4.40. The molecule has 1 heteroatoms. The first-order chi connectivity index (χ1) is 8.74. The van der Waals surface area contributed by atoms with Gasteiger partial charge in [-0.2, -0.15) is 0 Å². The lowest BCUT2D eigenvalue weighted by atomic mass is 9.93. The van der Waals surface area contributed by atoms with E-state index in [1.165, 1.54) is 22.8 Å². The zero-order valence-corrected chi connectivity index (χ0v) is 11.2. The van der Waals surface area contributed by atoms with Crippen LogP contribution in [0.5, 0.6) is 0 Å². The van der Waals surface area contributed by atoms with Gasteiger partial charge in [-0.3, -0.25) is 0 Å². The van der Waals surface area contributed by atoms with Gasteiger partial charge in [-0.15, -0.1) is 0 Å².